The fourth-order valence-corrected chi connectivity index (χ4v) is 3.52. The maximum atomic E-state index is 11.4. The molecule has 4 heteroatoms. The summed E-state index contributed by atoms with van der Waals surface area (Å²) in [6.07, 6.45) is 3.79. The number of carbonyl (C=O) groups is 1. The Morgan fingerprint density at radius 2 is 2.28 bits per heavy atom. The van der Waals surface area contributed by atoms with E-state index in [1.807, 2.05) is 25.2 Å². The Kier molecular flexibility index (Phi) is 4.40. The van der Waals surface area contributed by atoms with Crippen LogP contribution in [0.2, 0.25) is 0 Å². The molecule has 0 aromatic carbocycles. The zero-order chi connectivity index (χ0) is 13.1. The number of methoxy groups -OCH3 is 1. The molecule has 0 bridgehead atoms. The first-order valence-electron chi connectivity index (χ1n) is 6.53. The van der Waals surface area contributed by atoms with E-state index in [0.29, 0.717) is 0 Å². The van der Waals surface area contributed by atoms with Crippen molar-refractivity contribution in [3.05, 3.63) is 21.4 Å². The molecule has 0 fully saturated rings. The predicted molar refractivity (Wildman–Crippen MR) is 73.8 cm³/mol. The minimum Gasteiger partial charge on any atom is -0.469 e. The molecule has 0 radical (unpaired) electrons. The number of thiophene rings is 1. The molecule has 3 nitrogen and oxygen atoms in total. The normalized spacial score (nSPS) is 17.3. The first-order chi connectivity index (χ1) is 8.61. The number of aryl methyl sites for hydroxylation is 2. The van der Waals surface area contributed by atoms with E-state index < -0.39 is 0 Å². The second-order valence-electron chi connectivity index (χ2n) is 5.00. The van der Waals surface area contributed by atoms with Gasteiger partial charge in [0.25, 0.3) is 0 Å². The Hall–Kier alpha value is -0.870. The Bertz CT molecular complexity index is 406. The molecule has 2 atom stereocenters. The van der Waals surface area contributed by atoms with Gasteiger partial charge in [0.05, 0.1) is 13.0 Å². The van der Waals surface area contributed by atoms with E-state index in [1.54, 1.807) is 4.88 Å². The molecule has 1 aliphatic rings. The molecular weight excluding hydrogens is 246 g/mol. The maximum Gasteiger partial charge on any atom is 0.309 e. The molecule has 100 valence electrons. The summed E-state index contributed by atoms with van der Waals surface area (Å²) < 4.78 is 4.76. The lowest BCUT2D eigenvalue weighted by Gasteiger charge is -2.18. The Morgan fingerprint density at radius 1 is 1.50 bits per heavy atom. The third-order valence-corrected chi connectivity index (χ3v) is 4.96. The second kappa shape index (κ2) is 5.85. The highest BCUT2D eigenvalue weighted by atomic mass is 32.1. The average Bonchev–Trinajstić information content (AvgIpc) is 2.94. The number of esters is 1. The molecule has 1 aliphatic carbocycles. The molecule has 1 aromatic rings. The third-order valence-electron chi connectivity index (χ3n) is 3.72. The molecule has 18 heavy (non-hydrogen) atoms. The summed E-state index contributed by atoms with van der Waals surface area (Å²) in [7, 11) is 1.44. The quantitative estimate of drug-likeness (QED) is 0.833. The zero-order valence-electron chi connectivity index (χ0n) is 11.3. The van der Waals surface area contributed by atoms with Crippen LogP contribution in [0.5, 0.6) is 0 Å². The van der Waals surface area contributed by atoms with Gasteiger partial charge in [0.2, 0.25) is 0 Å². The maximum absolute atomic E-state index is 11.4. The van der Waals surface area contributed by atoms with Crippen LogP contribution in [0, 0.1) is 5.92 Å². The van der Waals surface area contributed by atoms with Gasteiger partial charge in [-0.3, -0.25) is 4.79 Å². The number of ether oxygens (including phenoxy) is 1. The molecule has 1 N–H and O–H groups in total. The van der Waals surface area contributed by atoms with Crippen molar-refractivity contribution in [3.63, 3.8) is 0 Å². The van der Waals surface area contributed by atoms with Crippen LogP contribution < -0.4 is 5.32 Å². The summed E-state index contributed by atoms with van der Waals surface area (Å²) in [5.74, 6) is -0.259. The lowest BCUT2D eigenvalue weighted by atomic mass is 10.0. The summed E-state index contributed by atoms with van der Waals surface area (Å²) in [4.78, 5) is 14.4. The predicted octanol–water partition coefficient (Wildman–Crippen LogP) is 2.52. The van der Waals surface area contributed by atoms with Gasteiger partial charge in [-0.2, -0.15) is 0 Å². The highest BCUT2D eigenvalue weighted by Gasteiger charge is 2.21. The number of hydrogen-bond donors (Lipinski definition) is 1. The second-order valence-corrected chi connectivity index (χ2v) is 6.22. The van der Waals surface area contributed by atoms with Gasteiger partial charge in [-0.1, -0.05) is 6.92 Å². The van der Waals surface area contributed by atoms with Gasteiger partial charge in [-0.15, -0.1) is 11.3 Å². The largest absolute Gasteiger partial charge is 0.469 e. The fourth-order valence-electron chi connectivity index (χ4n) is 2.31. The summed E-state index contributed by atoms with van der Waals surface area (Å²) >= 11 is 1.91. The summed E-state index contributed by atoms with van der Waals surface area (Å²) in [6.45, 7) is 4.78. The highest BCUT2D eigenvalue weighted by Crippen LogP contribution is 2.30. The molecule has 1 aromatic heterocycles. The van der Waals surface area contributed by atoms with E-state index in [-0.39, 0.29) is 17.9 Å². The van der Waals surface area contributed by atoms with Gasteiger partial charge in [-0.05, 0) is 37.8 Å². The van der Waals surface area contributed by atoms with Crippen LogP contribution in [0.25, 0.3) is 0 Å². The van der Waals surface area contributed by atoms with E-state index in [1.165, 1.54) is 36.8 Å². The van der Waals surface area contributed by atoms with Crippen LogP contribution in [-0.4, -0.2) is 19.1 Å². The average molecular weight is 267 g/mol. The summed E-state index contributed by atoms with van der Waals surface area (Å²) in [5.41, 5.74) is 1.53. The molecule has 0 saturated heterocycles. The van der Waals surface area contributed by atoms with Gasteiger partial charge in [0, 0.05) is 22.3 Å². The number of hydrogen-bond acceptors (Lipinski definition) is 4. The monoisotopic (exact) mass is 267 g/mol. The molecule has 2 unspecified atom stereocenters. The van der Waals surface area contributed by atoms with Crippen LogP contribution in [0.3, 0.4) is 0 Å². The van der Waals surface area contributed by atoms with Crippen molar-refractivity contribution < 1.29 is 9.53 Å². The van der Waals surface area contributed by atoms with Crippen molar-refractivity contribution in [1.29, 1.82) is 0 Å². The van der Waals surface area contributed by atoms with Gasteiger partial charge in [0.15, 0.2) is 0 Å². The molecule has 0 spiro atoms. The first kappa shape index (κ1) is 13.6. The van der Waals surface area contributed by atoms with Crippen molar-refractivity contribution in [2.24, 2.45) is 5.92 Å². The van der Waals surface area contributed by atoms with E-state index in [2.05, 4.69) is 11.4 Å². The minimum atomic E-state index is -0.149. The standard InChI is InChI=1S/C14H21NO2S/c1-9(14(16)17-3)10(2)15-8-12-7-11-5-4-6-13(11)18-12/h7,9-10,15H,4-6,8H2,1-3H3. The number of rotatable bonds is 5. The van der Waals surface area contributed by atoms with Crippen LogP contribution in [-0.2, 0) is 28.9 Å². The van der Waals surface area contributed by atoms with Crippen molar-refractivity contribution in [1.82, 2.24) is 5.32 Å². The van der Waals surface area contributed by atoms with Crippen molar-refractivity contribution in [3.8, 4) is 0 Å². The minimum absolute atomic E-state index is 0.109. The van der Waals surface area contributed by atoms with E-state index in [0.717, 1.165) is 6.54 Å². The van der Waals surface area contributed by atoms with Crippen molar-refractivity contribution in [2.45, 2.75) is 45.7 Å². The van der Waals surface area contributed by atoms with Crippen LogP contribution in [0.15, 0.2) is 6.07 Å². The molecular formula is C14H21NO2S. The molecule has 2 rings (SSSR count). The Labute approximate surface area is 113 Å². The first-order valence-corrected chi connectivity index (χ1v) is 7.35. The van der Waals surface area contributed by atoms with Crippen LogP contribution in [0.4, 0.5) is 0 Å². The third kappa shape index (κ3) is 2.93. The smallest absolute Gasteiger partial charge is 0.309 e. The zero-order valence-corrected chi connectivity index (χ0v) is 12.1. The van der Waals surface area contributed by atoms with Gasteiger partial charge in [-0.25, -0.2) is 0 Å². The summed E-state index contributed by atoms with van der Waals surface area (Å²) in [6, 6.07) is 2.45. The van der Waals surface area contributed by atoms with Crippen molar-refractivity contribution in [2.75, 3.05) is 7.11 Å². The number of fused-ring (bicyclic) bond motifs is 1. The van der Waals surface area contributed by atoms with E-state index >= 15 is 0 Å². The highest BCUT2D eigenvalue weighted by molar-refractivity contribution is 7.12. The Balaban J connectivity index is 1.85. The fraction of sp³-hybridized carbons (Fsp3) is 0.643. The van der Waals surface area contributed by atoms with Crippen LogP contribution >= 0.6 is 11.3 Å². The van der Waals surface area contributed by atoms with Gasteiger partial charge in [0.1, 0.15) is 0 Å². The Morgan fingerprint density at radius 3 is 2.94 bits per heavy atom. The summed E-state index contributed by atoms with van der Waals surface area (Å²) in [5, 5.41) is 3.41. The number of nitrogens with one attached hydrogen (secondary N) is 1. The van der Waals surface area contributed by atoms with E-state index in [9.17, 15) is 4.79 Å². The van der Waals surface area contributed by atoms with Crippen LogP contribution in [0.1, 0.15) is 35.6 Å². The topological polar surface area (TPSA) is 38.3 Å². The molecule has 1 heterocycles. The molecule has 0 amide bonds. The van der Waals surface area contributed by atoms with Crippen molar-refractivity contribution >= 4 is 17.3 Å². The SMILES string of the molecule is COC(=O)C(C)C(C)NCc1cc2c(s1)CCC2. The number of carbonyl (C=O) groups excluding carboxylic acids is 1. The lowest BCUT2D eigenvalue weighted by molar-refractivity contribution is -0.145. The lowest BCUT2D eigenvalue weighted by Crippen LogP contribution is -2.36. The van der Waals surface area contributed by atoms with Gasteiger partial charge < -0.3 is 10.1 Å². The van der Waals surface area contributed by atoms with E-state index in [4.69, 9.17) is 4.74 Å². The van der Waals surface area contributed by atoms with Gasteiger partial charge >= 0.3 is 5.97 Å². The molecule has 0 aliphatic heterocycles. The molecule has 0 saturated carbocycles.